The van der Waals surface area contributed by atoms with Gasteiger partial charge in [-0.3, -0.25) is 0 Å². The fourth-order valence-corrected chi connectivity index (χ4v) is 0.790. The van der Waals surface area contributed by atoms with Gasteiger partial charge in [0.15, 0.2) is 0 Å². The zero-order valence-electron chi connectivity index (χ0n) is 6.57. The Bertz CT molecular complexity index is 305. The predicted molar refractivity (Wildman–Crippen MR) is 37.9 cm³/mol. The molecule has 8 heteroatoms. The maximum Gasteiger partial charge on any atom is 1.00 e. The van der Waals surface area contributed by atoms with Crippen LogP contribution in [-0.4, -0.2) is 12.0 Å². The fourth-order valence-electron chi connectivity index (χ4n) is 0.615. The Morgan fingerprint density at radius 2 is 1.85 bits per heavy atom. The van der Waals surface area contributed by atoms with Crippen molar-refractivity contribution >= 4 is 24.0 Å². The number of pyridine rings is 1. The van der Waals surface area contributed by atoms with Crippen molar-refractivity contribution in [2.24, 2.45) is 0 Å². The summed E-state index contributed by atoms with van der Waals surface area (Å²) in [6.07, 6.45) is 0.418. The van der Waals surface area contributed by atoms with Gasteiger partial charge in [0.05, 0.1) is 5.02 Å². The molecule has 0 atom stereocenters. The van der Waals surface area contributed by atoms with Crippen molar-refractivity contribution in [2.45, 2.75) is 0 Å². The molecule has 1 heterocycles. The van der Waals surface area contributed by atoms with E-state index < -0.39 is 23.4 Å². The maximum absolute atomic E-state index is 12.3. The summed E-state index contributed by atoms with van der Waals surface area (Å²) < 4.78 is 48.1. The van der Waals surface area contributed by atoms with Gasteiger partial charge in [0, 0.05) is 6.20 Å². The van der Waals surface area contributed by atoms with E-state index in [4.69, 9.17) is 11.6 Å². The SMILES string of the molecule is Fc1ncc([B-](F)(F)F)cc1Cl.[K+]. The van der Waals surface area contributed by atoms with Crippen molar-refractivity contribution in [3.05, 3.63) is 23.2 Å². The monoisotopic (exact) mass is 237 g/mol. The quantitative estimate of drug-likeness (QED) is 0.344. The Morgan fingerprint density at radius 3 is 2.23 bits per heavy atom. The summed E-state index contributed by atoms with van der Waals surface area (Å²) >= 11 is 5.09. The molecular weight excluding hydrogens is 235 g/mol. The van der Waals surface area contributed by atoms with Crippen LogP contribution < -0.4 is 56.8 Å². The molecule has 0 N–H and O–H groups in total. The number of aromatic nitrogens is 1. The molecule has 66 valence electrons. The van der Waals surface area contributed by atoms with Crippen LogP contribution in [0.4, 0.5) is 17.3 Å². The van der Waals surface area contributed by atoms with Gasteiger partial charge >= 0.3 is 58.4 Å². The molecule has 0 saturated heterocycles. The molecule has 0 fully saturated rings. The van der Waals surface area contributed by atoms with Crippen LogP contribution in [0.2, 0.25) is 5.02 Å². The normalized spacial score (nSPS) is 10.8. The van der Waals surface area contributed by atoms with Gasteiger partial charge in [-0.15, -0.1) is 0 Å². The van der Waals surface area contributed by atoms with E-state index in [0.29, 0.717) is 12.3 Å². The van der Waals surface area contributed by atoms with Crippen molar-refractivity contribution in [3.8, 4) is 0 Å². The summed E-state index contributed by atoms with van der Waals surface area (Å²) in [5.74, 6) is -1.10. The summed E-state index contributed by atoms with van der Waals surface area (Å²) in [5, 5.41) is -0.619. The van der Waals surface area contributed by atoms with E-state index in [2.05, 4.69) is 4.98 Å². The molecule has 1 rings (SSSR count). The Morgan fingerprint density at radius 1 is 1.31 bits per heavy atom. The van der Waals surface area contributed by atoms with Gasteiger partial charge in [0.25, 0.3) is 0 Å². The van der Waals surface area contributed by atoms with Gasteiger partial charge in [-0.05, 0) is 0 Å². The van der Waals surface area contributed by atoms with E-state index in [1.807, 2.05) is 0 Å². The first kappa shape index (κ1) is 13.9. The van der Waals surface area contributed by atoms with Crippen LogP contribution in [-0.2, 0) is 0 Å². The van der Waals surface area contributed by atoms with Crippen LogP contribution in [0.5, 0.6) is 0 Å². The molecular formula is C5H2BClF4KN. The van der Waals surface area contributed by atoms with Gasteiger partial charge in [-0.2, -0.15) is 4.39 Å². The number of hydrogen-bond acceptors (Lipinski definition) is 1. The van der Waals surface area contributed by atoms with Crippen LogP contribution in [0.25, 0.3) is 0 Å². The summed E-state index contributed by atoms with van der Waals surface area (Å²) in [6.45, 7) is -5.15. The van der Waals surface area contributed by atoms with Crippen molar-refractivity contribution in [1.82, 2.24) is 4.98 Å². The molecule has 0 radical (unpaired) electrons. The maximum atomic E-state index is 12.3. The smallest absolute Gasteiger partial charge is 0.445 e. The summed E-state index contributed by atoms with van der Waals surface area (Å²) in [7, 11) is 0. The molecule has 1 nitrogen and oxygen atoms in total. The minimum absolute atomic E-state index is 0. The van der Waals surface area contributed by atoms with Gasteiger partial charge in [0.2, 0.25) is 5.95 Å². The summed E-state index contributed by atoms with van der Waals surface area (Å²) in [6, 6.07) is 0.518. The minimum Gasteiger partial charge on any atom is -0.445 e. The molecule has 0 aliphatic carbocycles. The van der Waals surface area contributed by atoms with E-state index in [9.17, 15) is 17.3 Å². The molecule has 0 aliphatic rings. The second kappa shape index (κ2) is 5.09. The first-order chi connectivity index (χ1) is 5.41. The van der Waals surface area contributed by atoms with Crippen LogP contribution >= 0.6 is 11.6 Å². The Balaban J connectivity index is 0.00000144. The third kappa shape index (κ3) is 3.85. The Hall–Kier alpha value is 0.861. The van der Waals surface area contributed by atoms with Crippen molar-refractivity contribution in [3.63, 3.8) is 0 Å². The number of hydrogen-bond donors (Lipinski definition) is 0. The average molecular weight is 237 g/mol. The van der Waals surface area contributed by atoms with Gasteiger partial charge in [-0.25, -0.2) is 4.98 Å². The zero-order valence-corrected chi connectivity index (χ0v) is 10.4. The summed E-state index contributed by atoms with van der Waals surface area (Å²) in [4.78, 5) is 2.84. The molecule has 0 bridgehead atoms. The topological polar surface area (TPSA) is 12.9 Å². The van der Waals surface area contributed by atoms with E-state index in [1.165, 1.54) is 0 Å². The van der Waals surface area contributed by atoms with E-state index in [1.54, 1.807) is 0 Å². The van der Waals surface area contributed by atoms with Crippen molar-refractivity contribution in [2.75, 3.05) is 0 Å². The van der Waals surface area contributed by atoms with E-state index in [-0.39, 0.29) is 51.4 Å². The van der Waals surface area contributed by atoms with Crippen LogP contribution in [0.1, 0.15) is 0 Å². The van der Waals surface area contributed by atoms with Crippen LogP contribution in [0.15, 0.2) is 12.3 Å². The molecule has 0 saturated carbocycles. The number of nitrogens with zero attached hydrogens (tertiary/aromatic N) is 1. The third-order valence-electron chi connectivity index (χ3n) is 1.20. The average Bonchev–Trinajstić information content (AvgIpc) is 1.92. The molecule has 0 amide bonds. The molecule has 13 heavy (non-hydrogen) atoms. The van der Waals surface area contributed by atoms with Gasteiger partial charge in [-0.1, -0.05) is 23.1 Å². The predicted octanol–water partition coefficient (Wildman–Crippen LogP) is -1.07. The van der Waals surface area contributed by atoms with Crippen molar-refractivity contribution < 1.29 is 68.7 Å². The van der Waals surface area contributed by atoms with E-state index in [0.717, 1.165) is 0 Å². The Kier molecular flexibility index (Phi) is 5.42. The molecule has 0 aliphatic heterocycles. The molecule has 0 aromatic carbocycles. The number of rotatable bonds is 1. The second-order valence-corrected chi connectivity index (χ2v) is 2.52. The van der Waals surface area contributed by atoms with Gasteiger partial charge < -0.3 is 12.9 Å². The zero-order chi connectivity index (χ0) is 9.35. The first-order valence-electron chi connectivity index (χ1n) is 2.92. The summed E-state index contributed by atoms with van der Waals surface area (Å²) in [5.41, 5.74) is -0.999. The largest absolute Gasteiger partial charge is 1.00 e. The molecule has 0 unspecified atom stereocenters. The van der Waals surface area contributed by atoms with Gasteiger partial charge in [0.1, 0.15) is 0 Å². The van der Waals surface area contributed by atoms with Crippen LogP contribution in [0.3, 0.4) is 0 Å². The molecule has 1 aromatic heterocycles. The molecule has 0 spiro atoms. The van der Waals surface area contributed by atoms with Crippen molar-refractivity contribution in [1.29, 1.82) is 0 Å². The van der Waals surface area contributed by atoms with E-state index >= 15 is 0 Å². The fraction of sp³-hybridized carbons (Fsp3) is 0. The first-order valence-corrected chi connectivity index (χ1v) is 3.30. The van der Waals surface area contributed by atoms with Crippen LogP contribution in [0, 0.1) is 5.95 Å². The third-order valence-corrected chi connectivity index (χ3v) is 1.46. The standard InChI is InChI=1S/C5H2BClF4N.K/c7-4-1-3(6(9,10)11)2-12-5(4)8;/h1-2H;/q-1;+1. The minimum atomic E-state index is -5.15. The Labute approximate surface area is 119 Å². The number of halogens is 5. The molecule has 1 aromatic rings. The second-order valence-electron chi connectivity index (χ2n) is 2.12.